The number of amides is 3. The molecule has 124 valence electrons. The van der Waals surface area contributed by atoms with Crippen LogP contribution < -0.4 is 5.32 Å². The second-order valence-electron chi connectivity index (χ2n) is 7.18. The standard InChI is InChI=1S/C16H27N3O3/c1-18(2)15(21)19-9-7-16(8-10-19)6-5-13(22-16)14(20)17-11-12-3-4-12/h12-13H,3-11H2,1-2H3,(H,17,20). The monoisotopic (exact) mass is 309 g/mol. The fourth-order valence-corrected chi connectivity index (χ4v) is 3.44. The van der Waals surface area contributed by atoms with Crippen molar-refractivity contribution in [1.82, 2.24) is 15.1 Å². The van der Waals surface area contributed by atoms with Crippen LogP contribution in [0.3, 0.4) is 0 Å². The number of carbonyl (C=O) groups excluding carboxylic acids is 2. The average molecular weight is 309 g/mol. The minimum Gasteiger partial charge on any atom is -0.362 e. The van der Waals surface area contributed by atoms with Gasteiger partial charge in [0, 0.05) is 33.7 Å². The highest BCUT2D eigenvalue weighted by molar-refractivity contribution is 5.81. The number of piperidine rings is 1. The lowest BCUT2D eigenvalue weighted by Crippen LogP contribution is -2.50. The van der Waals surface area contributed by atoms with Crippen molar-refractivity contribution in [2.75, 3.05) is 33.7 Å². The fraction of sp³-hybridized carbons (Fsp3) is 0.875. The molecule has 22 heavy (non-hydrogen) atoms. The van der Waals surface area contributed by atoms with Crippen LogP contribution in [0.2, 0.25) is 0 Å². The Hall–Kier alpha value is -1.30. The molecule has 2 heterocycles. The Labute approximate surface area is 132 Å². The third-order valence-corrected chi connectivity index (χ3v) is 5.14. The zero-order chi connectivity index (χ0) is 15.7. The van der Waals surface area contributed by atoms with E-state index in [1.807, 2.05) is 4.90 Å². The Balaban J connectivity index is 1.47. The molecule has 1 atom stereocenters. The maximum Gasteiger partial charge on any atom is 0.319 e. The summed E-state index contributed by atoms with van der Waals surface area (Å²) < 4.78 is 6.13. The van der Waals surface area contributed by atoms with Gasteiger partial charge in [-0.25, -0.2) is 4.79 Å². The molecule has 0 aromatic carbocycles. The molecule has 3 amide bonds. The summed E-state index contributed by atoms with van der Waals surface area (Å²) in [5.74, 6) is 0.746. The Morgan fingerprint density at radius 2 is 1.86 bits per heavy atom. The Bertz CT molecular complexity index is 440. The van der Waals surface area contributed by atoms with Gasteiger partial charge < -0.3 is 19.9 Å². The smallest absolute Gasteiger partial charge is 0.319 e. The van der Waals surface area contributed by atoms with Gasteiger partial charge in [0.25, 0.3) is 0 Å². The molecule has 2 saturated heterocycles. The van der Waals surface area contributed by atoms with Crippen molar-refractivity contribution >= 4 is 11.9 Å². The summed E-state index contributed by atoms with van der Waals surface area (Å²) in [6.07, 6.45) is 5.58. The van der Waals surface area contributed by atoms with Crippen LogP contribution in [-0.2, 0) is 9.53 Å². The highest BCUT2D eigenvalue weighted by atomic mass is 16.5. The summed E-state index contributed by atoms with van der Waals surface area (Å²) in [6.45, 7) is 2.23. The first-order valence-corrected chi connectivity index (χ1v) is 8.41. The Morgan fingerprint density at radius 1 is 1.18 bits per heavy atom. The fourth-order valence-electron chi connectivity index (χ4n) is 3.44. The number of carbonyl (C=O) groups is 2. The molecule has 2 aliphatic heterocycles. The van der Waals surface area contributed by atoms with Gasteiger partial charge in [-0.05, 0) is 44.4 Å². The molecule has 0 aromatic heterocycles. The molecule has 1 N–H and O–H groups in total. The number of hydrogen-bond acceptors (Lipinski definition) is 3. The van der Waals surface area contributed by atoms with Crippen molar-refractivity contribution in [3.63, 3.8) is 0 Å². The van der Waals surface area contributed by atoms with Crippen molar-refractivity contribution in [2.24, 2.45) is 5.92 Å². The predicted octanol–water partition coefficient (Wildman–Crippen LogP) is 1.21. The number of nitrogens with one attached hydrogen (secondary N) is 1. The molecule has 0 radical (unpaired) electrons. The molecule has 3 fully saturated rings. The lowest BCUT2D eigenvalue weighted by Gasteiger charge is -2.39. The van der Waals surface area contributed by atoms with E-state index in [4.69, 9.17) is 4.74 Å². The molecule has 1 saturated carbocycles. The van der Waals surface area contributed by atoms with Crippen LogP contribution in [0.25, 0.3) is 0 Å². The first-order chi connectivity index (χ1) is 10.5. The third-order valence-electron chi connectivity index (χ3n) is 5.14. The predicted molar refractivity (Wildman–Crippen MR) is 82.5 cm³/mol. The van der Waals surface area contributed by atoms with Crippen LogP contribution in [-0.4, -0.2) is 67.2 Å². The van der Waals surface area contributed by atoms with Crippen molar-refractivity contribution in [1.29, 1.82) is 0 Å². The third kappa shape index (κ3) is 3.37. The van der Waals surface area contributed by atoms with E-state index in [1.54, 1.807) is 19.0 Å². The summed E-state index contributed by atoms with van der Waals surface area (Å²) in [7, 11) is 3.55. The van der Waals surface area contributed by atoms with E-state index in [2.05, 4.69) is 5.32 Å². The van der Waals surface area contributed by atoms with E-state index in [0.29, 0.717) is 19.0 Å². The van der Waals surface area contributed by atoms with Crippen LogP contribution >= 0.6 is 0 Å². The molecular weight excluding hydrogens is 282 g/mol. The van der Waals surface area contributed by atoms with E-state index in [0.717, 1.165) is 32.2 Å². The number of urea groups is 1. The van der Waals surface area contributed by atoms with Gasteiger partial charge in [0.05, 0.1) is 5.60 Å². The van der Waals surface area contributed by atoms with Gasteiger partial charge in [-0.3, -0.25) is 4.79 Å². The quantitative estimate of drug-likeness (QED) is 0.852. The highest BCUT2D eigenvalue weighted by Crippen LogP contribution is 2.39. The molecule has 3 rings (SSSR count). The molecular formula is C16H27N3O3. The van der Waals surface area contributed by atoms with Crippen LogP contribution in [0, 0.1) is 5.92 Å². The molecule has 0 bridgehead atoms. The molecule has 1 aliphatic carbocycles. The number of ether oxygens (including phenoxy) is 1. The van der Waals surface area contributed by atoms with E-state index >= 15 is 0 Å². The van der Waals surface area contributed by atoms with Crippen molar-refractivity contribution in [3.8, 4) is 0 Å². The van der Waals surface area contributed by atoms with Gasteiger partial charge in [-0.1, -0.05) is 0 Å². The maximum atomic E-state index is 12.2. The molecule has 6 heteroatoms. The minimum atomic E-state index is -0.296. The van der Waals surface area contributed by atoms with Gasteiger partial charge in [-0.2, -0.15) is 0 Å². The normalized spacial score (nSPS) is 27.0. The molecule has 3 aliphatic rings. The summed E-state index contributed by atoms with van der Waals surface area (Å²) in [5, 5.41) is 3.02. The second kappa shape index (κ2) is 6.07. The van der Waals surface area contributed by atoms with Gasteiger partial charge in [-0.15, -0.1) is 0 Å². The first-order valence-electron chi connectivity index (χ1n) is 8.41. The Kier molecular flexibility index (Phi) is 4.30. The topological polar surface area (TPSA) is 61.9 Å². The average Bonchev–Trinajstić information content (AvgIpc) is 3.26. The number of hydrogen-bond donors (Lipinski definition) is 1. The van der Waals surface area contributed by atoms with Crippen LogP contribution in [0.1, 0.15) is 38.5 Å². The van der Waals surface area contributed by atoms with E-state index in [-0.39, 0.29) is 23.6 Å². The first kappa shape index (κ1) is 15.6. The zero-order valence-corrected chi connectivity index (χ0v) is 13.6. The summed E-state index contributed by atoms with van der Waals surface area (Å²) >= 11 is 0. The molecule has 6 nitrogen and oxygen atoms in total. The Morgan fingerprint density at radius 3 is 2.45 bits per heavy atom. The second-order valence-corrected chi connectivity index (χ2v) is 7.18. The van der Waals surface area contributed by atoms with Gasteiger partial charge in [0.15, 0.2) is 0 Å². The van der Waals surface area contributed by atoms with Crippen molar-refractivity contribution < 1.29 is 14.3 Å². The van der Waals surface area contributed by atoms with Crippen molar-refractivity contribution in [3.05, 3.63) is 0 Å². The van der Waals surface area contributed by atoms with Crippen molar-refractivity contribution in [2.45, 2.75) is 50.2 Å². The van der Waals surface area contributed by atoms with Gasteiger partial charge in [0.1, 0.15) is 6.10 Å². The molecule has 0 aromatic rings. The number of likely N-dealkylation sites (tertiary alicyclic amines) is 1. The van der Waals surface area contributed by atoms with Gasteiger partial charge >= 0.3 is 6.03 Å². The minimum absolute atomic E-state index is 0.0515. The highest BCUT2D eigenvalue weighted by Gasteiger charge is 2.45. The largest absolute Gasteiger partial charge is 0.362 e. The summed E-state index contributed by atoms with van der Waals surface area (Å²) in [4.78, 5) is 27.6. The molecule has 1 unspecified atom stereocenters. The maximum absolute atomic E-state index is 12.2. The summed E-state index contributed by atoms with van der Waals surface area (Å²) in [5.41, 5.74) is -0.190. The lowest BCUT2D eigenvalue weighted by atomic mass is 9.88. The van der Waals surface area contributed by atoms with E-state index in [9.17, 15) is 9.59 Å². The number of nitrogens with zero attached hydrogens (tertiary/aromatic N) is 2. The number of rotatable bonds is 3. The van der Waals surface area contributed by atoms with E-state index in [1.165, 1.54) is 12.8 Å². The van der Waals surface area contributed by atoms with Crippen LogP contribution in [0.4, 0.5) is 4.79 Å². The summed E-state index contributed by atoms with van der Waals surface area (Å²) in [6, 6.07) is 0.0616. The van der Waals surface area contributed by atoms with Gasteiger partial charge in [0.2, 0.25) is 5.91 Å². The van der Waals surface area contributed by atoms with Crippen LogP contribution in [0.5, 0.6) is 0 Å². The van der Waals surface area contributed by atoms with Crippen LogP contribution in [0.15, 0.2) is 0 Å². The SMILES string of the molecule is CN(C)C(=O)N1CCC2(CCC(C(=O)NCC3CC3)O2)CC1. The lowest BCUT2D eigenvalue weighted by molar-refractivity contribution is -0.140. The zero-order valence-electron chi connectivity index (χ0n) is 13.6. The molecule has 1 spiro atoms. The van der Waals surface area contributed by atoms with E-state index < -0.39 is 0 Å².